The molecule has 1 aliphatic heterocycles. The number of allylic oxidation sites excluding steroid dienone is 17. The van der Waals surface area contributed by atoms with Crippen LogP contribution in [0.15, 0.2) is 109 Å². The molecular weight excluding hydrogens is 979 g/mol. The summed E-state index contributed by atoms with van der Waals surface area (Å²) >= 11 is 0. The Hall–Kier alpha value is -3.68. The van der Waals surface area contributed by atoms with Crippen molar-refractivity contribution in [2.24, 2.45) is 0 Å². The van der Waals surface area contributed by atoms with Gasteiger partial charge in [0.05, 0.1) is 25.4 Å². The molecule has 1 aliphatic rings. The van der Waals surface area contributed by atoms with Crippen molar-refractivity contribution in [2.75, 3.05) is 13.2 Å². The molecule has 1 amide bonds. The van der Waals surface area contributed by atoms with E-state index in [2.05, 4.69) is 123 Å². The molecule has 8 atom stereocenters. The van der Waals surface area contributed by atoms with Gasteiger partial charge in [0.1, 0.15) is 24.4 Å². The second kappa shape index (κ2) is 53.9. The summed E-state index contributed by atoms with van der Waals surface area (Å²) in [6, 6.07) is -1.04. The van der Waals surface area contributed by atoms with Crippen molar-refractivity contribution < 1.29 is 49.3 Å². The Morgan fingerprint density at radius 1 is 0.526 bits per heavy atom. The molecule has 0 bridgehead atoms. The molecule has 0 radical (unpaired) electrons. The smallest absolute Gasteiger partial charge is 0.306 e. The second-order valence-electron chi connectivity index (χ2n) is 21.1. The number of ether oxygens (including phenoxy) is 3. The highest BCUT2D eigenvalue weighted by Gasteiger charge is 2.47. The van der Waals surface area contributed by atoms with Gasteiger partial charge in [-0.2, -0.15) is 0 Å². The summed E-state index contributed by atoms with van der Waals surface area (Å²) in [6.45, 7) is 5.61. The van der Waals surface area contributed by atoms with Crippen LogP contribution in [0.5, 0.6) is 0 Å². The first-order chi connectivity index (χ1) is 38.2. The van der Waals surface area contributed by atoms with Crippen molar-refractivity contribution in [3.8, 4) is 0 Å². The van der Waals surface area contributed by atoms with E-state index >= 15 is 0 Å². The predicted molar refractivity (Wildman–Crippen MR) is 324 cm³/mol. The third-order valence-corrected chi connectivity index (χ3v) is 13.9. The van der Waals surface area contributed by atoms with Crippen LogP contribution in [0.25, 0.3) is 0 Å². The van der Waals surface area contributed by atoms with Crippen molar-refractivity contribution in [1.29, 1.82) is 0 Å². The molecule has 446 valence electrons. The lowest BCUT2D eigenvalue weighted by atomic mass is 9.99. The van der Waals surface area contributed by atoms with Crippen molar-refractivity contribution in [3.05, 3.63) is 109 Å². The van der Waals surface area contributed by atoms with Gasteiger partial charge in [0, 0.05) is 6.42 Å². The molecule has 78 heavy (non-hydrogen) atoms. The Morgan fingerprint density at radius 3 is 1.49 bits per heavy atom. The number of aliphatic hydroxyl groups excluding tert-OH is 5. The van der Waals surface area contributed by atoms with E-state index in [9.17, 15) is 35.1 Å². The number of nitrogens with one attached hydrogen (secondary N) is 1. The lowest BCUT2D eigenvalue weighted by Gasteiger charge is -2.41. The Morgan fingerprint density at radius 2 is 0.962 bits per heavy atom. The van der Waals surface area contributed by atoms with E-state index in [-0.39, 0.29) is 19.4 Å². The van der Waals surface area contributed by atoms with Gasteiger partial charge in [-0.05, 0) is 103 Å². The Kier molecular flexibility index (Phi) is 50.0. The van der Waals surface area contributed by atoms with E-state index in [0.29, 0.717) is 12.8 Å². The van der Waals surface area contributed by atoms with Gasteiger partial charge in [-0.15, -0.1) is 0 Å². The third-order valence-electron chi connectivity index (χ3n) is 13.9. The number of esters is 1. The summed E-state index contributed by atoms with van der Waals surface area (Å²) in [6.07, 6.45) is 62.6. The molecule has 0 aliphatic carbocycles. The van der Waals surface area contributed by atoms with Gasteiger partial charge >= 0.3 is 5.97 Å². The first kappa shape index (κ1) is 72.3. The molecule has 0 aromatic heterocycles. The maximum Gasteiger partial charge on any atom is 0.306 e. The molecule has 1 rings (SSSR count). The molecular formula is C67H113NO10. The van der Waals surface area contributed by atoms with Crippen LogP contribution in [0.3, 0.4) is 0 Å². The quantitative estimate of drug-likeness (QED) is 0.0149. The molecule has 0 aromatic rings. The lowest BCUT2D eigenvalue weighted by molar-refractivity contribution is -0.305. The molecule has 0 spiro atoms. The van der Waals surface area contributed by atoms with Crippen LogP contribution in [0.1, 0.15) is 239 Å². The van der Waals surface area contributed by atoms with E-state index in [1.807, 2.05) is 6.08 Å². The summed E-state index contributed by atoms with van der Waals surface area (Å²) in [5.74, 6) is -1.24. The molecule has 8 unspecified atom stereocenters. The van der Waals surface area contributed by atoms with Crippen LogP contribution in [0.2, 0.25) is 0 Å². The minimum atomic E-state index is -1.63. The Balaban J connectivity index is 2.69. The predicted octanol–water partition coefficient (Wildman–Crippen LogP) is 14.9. The van der Waals surface area contributed by atoms with Crippen molar-refractivity contribution >= 4 is 11.9 Å². The van der Waals surface area contributed by atoms with Crippen LogP contribution in [0, 0.1) is 0 Å². The molecule has 1 saturated heterocycles. The fraction of sp³-hybridized carbons (Fsp3) is 0.701. The molecule has 1 heterocycles. The molecule has 1 fully saturated rings. The maximum atomic E-state index is 13.4. The summed E-state index contributed by atoms with van der Waals surface area (Å²) in [5, 5.41) is 56.9. The van der Waals surface area contributed by atoms with Gasteiger partial charge in [0.25, 0.3) is 0 Å². The zero-order chi connectivity index (χ0) is 56.8. The lowest BCUT2D eigenvalue weighted by Crippen LogP contribution is -2.61. The van der Waals surface area contributed by atoms with Gasteiger partial charge < -0.3 is 45.1 Å². The summed E-state index contributed by atoms with van der Waals surface area (Å²) in [4.78, 5) is 26.5. The highest BCUT2D eigenvalue weighted by molar-refractivity contribution is 5.80. The van der Waals surface area contributed by atoms with E-state index in [0.717, 1.165) is 128 Å². The normalized spacial score (nSPS) is 19.7. The molecule has 11 nitrogen and oxygen atoms in total. The number of hydrogen-bond acceptors (Lipinski definition) is 10. The summed E-state index contributed by atoms with van der Waals surface area (Å²) < 4.78 is 17.6. The largest absolute Gasteiger partial charge is 0.454 e. The van der Waals surface area contributed by atoms with Crippen LogP contribution >= 0.6 is 0 Å². The zero-order valence-electron chi connectivity index (χ0n) is 49.2. The summed E-state index contributed by atoms with van der Waals surface area (Å²) in [7, 11) is 0. The molecule has 0 saturated carbocycles. The Labute approximate surface area is 475 Å². The van der Waals surface area contributed by atoms with Crippen LogP contribution in [-0.4, -0.2) is 99.6 Å². The zero-order valence-corrected chi connectivity index (χ0v) is 49.2. The first-order valence-electron chi connectivity index (χ1n) is 31.2. The summed E-state index contributed by atoms with van der Waals surface area (Å²) in [5.41, 5.74) is 0. The van der Waals surface area contributed by atoms with Gasteiger partial charge in [0.15, 0.2) is 12.4 Å². The van der Waals surface area contributed by atoms with Crippen molar-refractivity contribution in [2.45, 2.75) is 288 Å². The average molecular weight is 1090 g/mol. The van der Waals surface area contributed by atoms with E-state index in [1.165, 1.54) is 64.2 Å². The van der Waals surface area contributed by atoms with Gasteiger partial charge in [-0.1, -0.05) is 239 Å². The fourth-order valence-electron chi connectivity index (χ4n) is 9.00. The second-order valence-corrected chi connectivity index (χ2v) is 21.1. The van der Waals surface area contributed by atoms with Crippen molar-refractivity contribution in [1.82, 2.24) is 5.32 Å². The highest BCUT2D eigenvalue weighted by Crippen LogP contribution is 2.26. The van der Waals surface area contributed by atoms with Crippen molar-refractivity contribution in [3.63, 3.8) is 0 Å². The molecule has 0 aromatic carbocycles. The average Bonchev–Trinajstić information content (AvgIpc) is 3.45. The van der Waals surface area contributed by atoms with Crippen LogP contribution in [-0.2, 0) is 23.8 Å². The fourth-order valence-corrected chi connectivity index (χ4v) is 9.00. The standard InChI is InChI=1S/C67H113NO10/c1-4-7-10-13-16-19-22-25-27-28-29-30-31-32-33-34-35-37-40-43-46-49-52-55-62(72)78-65-64(74)63(73)61(56-69)77-67(65)76-57-58(59(70)53-50-47-44-41-38-24-21-18-15-12-9-6-3)68-66(75)60(71)54-51-48-45-42-39-36-26-23-20-17-14-11-8-5-2/h7,10,16-17,19-20,23,25-27,29-30,32-33,35,37,50,53,58-61,63-65,67,69-71,73-74H,4-6,8-9,11-15,18,21-22,24,28,31,34,36,38-49,51-52,54-57H2,1-3H3,(H,68,75)/b10-7-,19-16-,20-17+,26-23+,27-25-,30-29-,33-32-,37-35-,53-50+. The first-order valence-corrected chi connectivity index (χ1v) is 31.2. The van der Waals surface area contributed by atoms with Crippen LogP contribution < -0.4 is 5.32 Å². The number of amides is 1. The van der Waals surface area contributed by atoms with E-state index < -0.39 is 67.4 Å². The SMILES string of the molecule is CC/C=C\C/C=C\C/C=C\C/C=C\C/C=C\C/C=C\CCCCCCC(=O)OC1C(OCC(NC(=O)C(O)CCCCCCC/C=C/C=C/CCCCC)C(O)/C=C/CCCCCCCCCCCC)OC(CO)C(O)C1O. The van der Waals surface area contributed by atoms with Gasteiger partial charge in [0.2, 0.25) is 5.91 Å². The number of carbonyl (C=O) groups excluding carboxylic acids is 2. The number of aliphatic hydroxyl groups is 5. The number of rotatable bonds is 51. The third kappa shape index (κ3) is 41.3. The number of carbonyl (C=O) groups is 2. The van der Waals surface area contributed by atoms with Gasteiger partial charge in [-0.25, -0.2) is 0 Å². The maximum absolute atomic E-state index is 13.4. The van der Waals surface area contributed by atoms with Crippen LogP contribution in [0.4, 0.5) is 0 Å². The van der Waals surface area contributed by atoms with E-state index in [4.69, 9.17) is 14.2 Å². The number of unbranched alkanes of at least 4 members (excludes halogenated alkanes) is 22. The molecule has 11 heteroatoms. The minimum absolute atomic E-state index is 0.0863. The monoisotopic (exact) mass is 1090 g/mol. The van der Waals surface area contributed by atoms with E-state index in [1.54, 1.807) is 6.08 Å². The topological polar surface area (TPSA) is 175 Å². The molecule has 6 N–H and O–H groups in total. The highest BCUT2D eigenvalue weighted by atomic mass is 16.7. The van der Waals surface area contributed by atoms with Gasteiger partial charge in [-0.3, -0.25) is 9.59 Å². The minimum Gasteiger partial charge on any atom is -0.454 e. The number of hydrogen-bond donors (Lipinski definition) is 6. The Bertz CT molecular complexity index is 1680.